The van der Waals surface area contributed by atoms with Gasteiger partial charge in [0.2, 0.25) is 0 Å². The van der Waals surface area contributed by atoms with Gasteiger partial charge in [-0.3, -0.25) is 4.40 Å². The predicted octanol–water partition coefficient (Wildman–Crippen LogP) is 3.66. The number of aromatic nitrogens is 3. The number of benzene rings is 2. The molecule has 0 aliphatic heterocycles. The van der Waals surface area contributed by atoms with E-state index in [1.165, 1.54) is 0 Å². The van der Waals surface area contributed by atoms with Crippen molar-refractivity contribution in [3.05, 3.63) is 60.8 Å². The summed E-state index contributed by atoms with van der Waals surface area (Å²) in [6.07, 6.45) is 2.00. The second-order valence-corrected chi connectivity index (χ2v) is 5.83. The summed E-state index contributed by atoms with van der Waals surface area (Å²) < 4.78 is 12.6. The van der Waals surface area contributed by atoms with Crippen LogP contribution in [0.15, 0.2) is 60.8 Å². The van der Waals surface area contributed by atoms with Gasteiger partial charge in [-0.1, -0.05) is 18.2 Å². The molecule has 0 radical (unpaired) electrons. The molecular weight excluding hydrogens is 328 g/mol. The number of pyridine rings is 1. The summed E-state index contributed by atoms with van der Waals surface area (Å²) in [6, 6.07) is 17.4. The van der Waals surface area contributed by atoms with Crippen molar-refractivity contribution in [1.29, 1.82) is 0 Å². The summed E-state index contributed by atoms with van der Waals surface area (Å²) in [5.74, 6) is 2.13. The molecule has 0 aliphatic carbocycles. The zero-order chi connectivity index (χ0) is 18.1. The Morgan fingerprint density at radius 1 is 0.846 bits per heavy atom. The van der Waals surface area contributed by atoms with Crippen molar-refractivity contribution in [1.82, 2.24) is 14.6 Å². The van der Waals surface area contributed by atoms with Gasteiger partial charge >= 0.3 is 0 Å². The van der Waals surface area contributed by atoms with E-state index in [1.807, 2.05) is 65.2 Å². The molecule has 0 bridgehead atoms. The van der Waals surface area contributed by atoms with Crippen LogP contribution in [0.25, 0.3) is 28.2 Å². The maximum absolute atomic E-state index is 6.05. The zero-order valence-corrected chi connectivity index (χ0v) is 14.5. The number of nitrogens with two attached hydrogens (primary N) is 1. The van der Waals surface area contributed by atoms with Crippen molar-refractivity contribution in [2.24, 2.45) is 0 Å². The molecule has 0 atom stereocenters. The van der Waals surface area contributed by atoms with Gasteiger partial charge in [-0.15, -0.1) is 10.2 Å². The van der Waals surface area contributed by atoms with Gasteiger partial charge in [-0.05, 0) is 47.5 Å². The first kappa shape index (κ1) is 16.0. The number of methoxy groups -OCH3 is 2. The average molecular weight is 346 g/mol. The minimum absolute atomic E-state index is 0.596. The Morgan fingerprint density at radius 2 is 1.62 bits per heavy atom. The third-order valence-corrected chi connectivity index (χ3v) is 4.31. The molecular formula is C20H18N4O2. The second kappa shape index (κ2) is 6.40. The van der Waals surface area contributed by atoms with Crippen LogP contribution < -0.4 is 15.2 Å². The van der Waals surface area contributed by atoms with Crippen molar-refractivity contribution < 1.29 is 9.47 Å². The van der Waals surface area contributed by atoms with Gasteiger partial charge in [0, 0.05) is 6.20 Å². The highest BCUT2D eigenvalue weighted by molar-refractivity contribution is 5.73. The lowest BCUT2D eigenvalue weighted by Gasteiger charge is -2.09. The predicted molar refractivity (Wildman–Crippen MR) is 101 cm³/mol. The molecule has 6 heteroatoms. The topological polar surface area (TPSA) is 74.7 Å². The Kier molecular flexibility index (Phi) is 3.93. The van der Waals surface area contributed by atoms with E-state index >= 15 is 0 Å². The summed E-state index contributed by atoms with van der Waals surface area (Å²) in [7, 11) is 3.25. The quantitative estimate of drug-likeness (QED) is 0.571. The van der Waals surface area contributed by atoms with E-state index in [4.69, 9.17) is 15.2 Å². The highest BCUT2D eigenvalue weighted by atomic mass is 16.5. The number of ether oxygens (including phenoxy) is 2. The first-order valence-electron chi connectivity index (χ1n) is 8.13. The van der Waals surface area contributed by atoms with E-state index in [1.54, 1.807) is 14.2 Å². The summed E-state index contributed by atoms with van der Waals surface area (Å²) >= 11 is 0. The van der Waals surface area contributed by atoms with Crippen LogP contribution in [-0.2, 0) is 0 Å². The Balaban J connectivity index is 1.86. The molecule has 0 amide bonds. The first-order valence-corrected chi connectivity index (χ1v) is 8.13. The molecule has 2 aromatic heterocycles. The van der Waals surface area contributed by atoms with Gasteiger partial charge < -0.3 is 15.2 Å². The molecule has 6 nitrogen and oxygen atoms in total. The number of nitrogen functional groups attached to an aromatic ring is 1. The van der Waals surface area contributed by atoms with Crippen LogP contribution in [-0.4, -0.2) is 28.8 Å². The van der Waals surface area contributed by atoms with Crippen molar-refractivity contribution in [2.75, 3.05) is 20.0 Å². The van der Waals surface area contributed by atoms with E-state index < -0.39 is 0 Å². The highest BCUT2D eigenvalue weighted by Crippen LogP contribution is 2.31. The second-order valence-electron chi connectivity index (χ2n) is 5.83. The van der Waals surface area contributed by atoms with E-state index in [2.05, 4.69) is 10.2 Å². The fourth-order valence-electron chi connectivity index (χ4n) is 2.99. The monoisotopic (exact) mass is 346 g/mol. The van der Waals surface area contributed by atoms with Crippen LogP contribution >= 0.6 is 0 Å². The molecule has 26 heavy (non-hydrogen) atoms. The van der Waals surface area contributed by atoms with Crippen LogP contribution in [0.3, 0.4) is 0 Å². The van der Waals surface area contributed by atoms with E-state index in [9.17, 15) is 0 Å². The van der Waals surface area contributed by atoms with Crippen LogP contribution in [0, 0.1) is 0 Å². The maximum Gasteiger partial charge on any atom is 0.172 e. The molecule has 0 unspecified atom stereocenters. The number of para-hydroxylation sites is 1. The highest BCUT2D eigenvalue weighted by Gasteiger charge is 2.13. The Hall–Kier alpha value is -3.54. The number of rotatable bonds is 4. The number of fused-ring (bicyclic) bond motifs is 1. The minimum atomic E-state index is 0.596. The maximum atomic E-state index is 6.05. The van der Waals surface area contributed by atoms with Crippen LogP contribution in [0.5, 0.6) is 11.5 Å². The van der Waals surface area contributed by atoms with Gasteiger partial charge in [0.15, 0.2) is 11.5 Å². The largest absolute Gasteiger partial charge is 0.496 e. The summed E-state index contributed by atoms with van der Waals surface area (Å²) in [5, 5.41) is 8.61. The van der Waals surface area contributed by atoms with Gasteiger partial charge in [0.05, 0.1) is 25.5 Å². The lowest BCUT2D eigenvalue weighted by atomic mass is 10.1. The van der Waals surface area contributed by atoms with Gasteiger partial charge in [-0.2, -0.15) is 0 Å². The van der Waals surface area contributed by atoms with Gasteiger partial charge in [0.1, 0.15) is 11.5 Å². The standard InChI is InChI=1S/C20H18N4O2/c1-25-17-6-4-3-5-15(17)20-23-22-19-10-8-14(12-24(19)20)13-7-9-18(26-2)16(21)11-13/h3-12H,21H2,1-2H3. The van der Waals surface area contributed by atoms with Gasteiger partial charge in [-0.25, -0.2) is 0 Å². The molecule has 4 rings (SSSR count). The van der Waals surface area contributed by atoms with Crippen LogP contribution in [0.4, 0.5) is 5.69 Å². The summed E-state index contributed by atoms with van der Waals surface area (Å²) in [6.45, 7) is 0. The van der Waals surface area contributed by atoms with E-state index in [0.717, 1.165) is 33.9 Å². The van der Waals surface area contributed by atoms with Crippen molar-refractivity contribution in [2.45, 2.75) is 0 Å². The Bertz CT molecular complexity index is 1090. The smallest absolute Gasteiger partial charge is 0.172 e. The van der Waals surface area contributed by atoms with Crippen LogP contribution in [0.2, 0.25) is 0 Å². The molecule has 0 saturated carbocycles. The van der Waals surface area contributed by atoms with Gasteiger partial charge in [0.25, 0.3) is 0 Å². The molecule has 0 spiro atoms. The normalized spacial score (nSPS) is 10.8. The lowest BCUT2D eigenvalue weighted by molar-refractivity contribution is 0.416. The molecule has 2 heterocycles. The SMILES string of the molecule is COc1ccc(-c2ccc3nnc(-c4ccccc4OC)n3c2)cc1N. The lowest BCUT2D eigenvalue weighted by Crippen LogP contribution is -1.95. The number of hydrogen-bond acceptors (Lipinski definition) is 5. The third-order valence-electron chi connectivity index (χ3n) is 4.31. The Morgan fingerprint density at radius 3 is 2.38 bits per heavy atom. The van der Waals surface area contributed by atoms with Crippen molar-refractivity contribution >= 4 is 11.3 Å². The molecule has 0 aliphatic rings. The molecule has 130 valence electrons. The van der Waals surface area contributed by atoms with Crippen molar-refractivity contribution in [3.8, 4) is 34.0 Å². The number of nitrogens with zero attached hydrogens (tertiary/aromatic N) is 3. The summed E-state index contributed by atoms with van der Waals surface area (Å²) in [5.41, 5.74) is 10.3. The van der Waals surface area contributed by atoms with E-state index in [-0.39, 0.29) is 0 Å². The fourth-order valence-corrected chi connectivity index (χ4v) is 2.99. The molecule has 2 aromatic carbocycles. The Labute approximate surface area is 150 Å². The third kappa shape index (κ3) is 2.61. The van der Waals surface area contributed by atoms with Crippen molar-refractivity contribution in [3.63, 3.8) is 0 Å². The van der Waals surface area contributed by atoms with Crippen LogP contribution in [0.1, 0.15) is 0 Å². The number of anilines is 1. The molecule has 4 aromatic rings. The molecule has 2 N–H and O–H groups in total. The zero-order valence-electron chi connectivity index (χ0n) is 14.5. The van der Waals surface area contributed by atoms with E-state index in [0.29, 0.717) is 11.4 Å². The minimum Gasteiger partial charge on any atom is -0.496 e. The first-order chi connectivity index (χ1) is 12.7. The average Bonchev–Trinajstić information content (AvgIpc) is 3.10. The number of hydrogen-bond donors (Lipinski definition) is 1. The summed E-state index contributed by atoms with van der Waals surface area (Å²) in [4.78, 5) is 0. The molecule has 0 saturated heterocycles. The molecule has 0 fully saturated rings. The fraction of sp³-hybridized carbons (Fsp3) is 0.100.